The second-order valence-corrected chi connectivity index (χ2v) is 4.68. The van der Waals surface area contributed by atoms with Crippen LogP contribution in [0.5, 0.6) is 0 Å². The van der Waals surface area contributed by atoms with Gasteiger partial charge in [-0.3, -0.25) is 4.79 Å². The highest BCUT2D eigenvalue weighted by Crippen LogP contribution is 2.27. The summed E-state index contributed by atoms with van der Waals surface area (Å²) in [5, 5.41) is 0. The molecule has 0 aromatic rings. The van der Waals surface area contributed by atoms with E-state index in [1.54, 1.807) is 0 Å². The third kappa shape index (κ3) is 3.56. The van der Waals surface area contributed by atoms with Crippen molar-refractivity contribution < 1.29 is 9.53 Å². The first-order valence-electron chi connectivity index (χ1n) is 4.68. The smallest absolute Gasteiger partial charge is 0.307 e. The highest BCUT2D eigenvalue weighted by molar-refractivity contribution is 7.99. The molecule has 0 spiro atoms. The van der Waals surface area contributed by atoms with E-state index >= 15 is 0 Å². The van der Waals surface area contributed by atoms with Crippen molar-refractivity contribution in [2.45, 2.75) is 31.7 Å². The minimum absolute atomic E-state index is 0.156. The van der Waals surface area contributed by atoms with Gasteiger partial charge in [-0.15, -0.1) is 0 Å². The van der Waals surface area contributed by atoms with Gasteiger partial charge in [0.05, 0.1) is 13.0 Å². The molecule has 0 amide bonds. The molecule has 1 rings (SSSR count). The van der Waals surface area contributed by atoms with E-state index in [4.69, 9.17) is 10.5 Å². The number of hydrogen-bond donors (Lipinski definition) is 1. The van der Waals surface area contributed by atoms with Crippen LogP contribution in [0, 0.1) is 0 Å². The van der Waals surface area contributed by atoms with Crippen LogP contribution in [0.1, 0.15) is 26.2 Å². The standard InChI is InChI=1S/C9H17NO2S/c1-2-12-8(11)7-9(10)3-5-13-6-4-9/h2-7,10H2,1H3. The summed E-state index contributed by atoms with van der Waals surface area (Å²) in [6, 6.07) is 0. The molecule has 0 unspecified atom stereocenters. The molecular formula is C9H17NO2S. The van der Waals surface area contributed by atoms with Gasteiger partial charge < -0.3 is 10.5 Å². The summed E-state index contributed by atoms with van der Waals surface area (Å²) in [7, 11) is 0. The first kappa shape index (κ1) is 10.9. The minimum Gasteiger partial charge on any atom is -0.466 e. The Morgan fingerprint density at radius 3 is 2.69 bits per heavy atom. The van der Waals surface area contributed by atoms with Crippen molar-refractivity contribution in [3.05, 3.63) is 0 Å². The lowest BCUT2D eigenvalue weighted by Gasteiger charge is -2.31. The summed E-state index contributed by atoms with van der Waals surface area (Å²) in [5.41, 5.74) is 5.78. The number of esters is 1. The molecule has 0 aromatic carbocycles. The SMILES string of the molecule is CCOC(=O)CC1(N)CCSCC1. The third-order valence-corrected chi connectivity index (χ3v) is 3.28. The van der Waals surface area contributed by atoms with Crippen molar-refractivity contribution in [3.8, 4) is 0 Å². The summed E-state index contributed by atoms with van der Waals surface area (Å²) < 4.78 is 4.88. The van der Waals surface area contributed by atoms with Crippen LogP contribution >= 0.6 is 11.8 Å². The van der Waals surface area contributed by atoms with Crippen molar-refractivity contribution in [2.75, 3.05) is 18.1 Å². The van der Waals surface area contributed by atoms with Crippen LogP contribution in [0.4, 0.5) is 0 Å². The van der Waals surface area contributed by atoms with Crippen molar-refractivity contribution in [1.29, 1.82) is 0 Å². The Hall–Kier alpha value is -0.220. The van der Waals surface area contributed by atoms with Gasteiger partial charge in [0.15, 0.2) is 0 Å². The van der Waals surface area contributed by atoms with Crippen LogP contribution in [-0.4, -0.2) is 29.6 Å². The molecule has 0 aromatic heterocycles. The maximum atomic E-state index is 11.2. The summed E-state index contributed by atoms with van der Waals surface area (Å²) >= 11 is 1.91. The van der Waals surface area contributed by atoms with Crippen LogP contribution < -0.4 is 5.73 Å². The Kier molecular flexibility index (Phi) is 4.06. The van der Waals surface area contributed by atoms with E-state index in [9.17, 15) is 4.79 Å². The number of carbonyl (C=O) groups is 1. The average molecular weight is 203 g/mol. The van der Waals surface area contributed by atoms with E-state index in [2.05, 4.69) is 0 Å². The molecule has 1 saturated heterocycles. The Morgan fingerprint density at radius 1 is 1.54 bits per heavy atom. The number of carbonyl (C=O) groups excluding carboxylic acids is 1. The molecule has 1 fully saturated rings. The van der Waals surface area contributed by atoms with Crippen LogP contribution in [0.3, 0.4) is 0 Å². The van der Waals surface area contributed by atoms with Gasteiger partial charge in [-0.05, 0) is 31.3 Å². The van der Waals surface area contributed by atoms with Crippen molar-refractivity contribution in [2.24, 2.45) is 5.73 Å². The fraction of sp³-hybridized carbons (Fsp3) is 0.889. The molecule has 76 valence electrons. The van der Waals surface area contributed by atoms with E-state index in [1.807, 2.05) is 18.7 Å². The molecule has 1 aliphatic heterocycles. The summed E-state index contributed by atoms with van der Waals surface area (Å²) in [6.07, 6.45) is 2.23. The van der Waals surface area contributed by atoms with Gasteiger partial charge >= 0.3 is 5.97 Å². The minimum atomic E-state index is -0.294. The number of thioether (sulfide) groups is 1. The lowest BCUT2D eigenvalue weighted by Crippen LogP contribution is -2.45. The molecular weight excluding hydrogens is 186 g/mol. The average Bonchev–Trinajstić information content (AvgIpc) is 2.04. The van der Waals surface area contributed by atoms with Gasteiger partial charge in [0, 0.05) is 5.54 Å². The Labute approximate surface area is 83.4 Å². The van der Waals surface area contributed by atoms with Crippen LogP contribution in [0.25, 0.3) is 0 Å². The lowest BCUT2D eigenvalue weighted by atomic mass is 9.90. The quantitative estimate of drug-likeness (QED) is 0.699. The maximum Gasteiger partial charge on any atom is 0.307 e. The molecule has 0 atom stereocenters. The third-order valence-electron chi connectivity index (χ3n) is 2.29. The summed E-state index contributed by atoms with van der Waals surface area (Å²) in [6.45, 7) is 2.27. The van der Waals surface area contributed by atoms with Crippen molar-refractivity contribution in [3.63, 3.8) is 0 Å². The van der Waals surface area contributed by atoms with Crippen molar-refractivity contribution >= 4 is 17.7 Å². The van der Waals surface area contributed by atoms with Crippen molar-refractivity contribution in [1.82, 2.24) is 0 Å². The first-order valence-corrected chi connectivity index (χ1v) is 5.84. The molecule has 1 aliphatic rings. The van der Waals surface area contributed by atoms with E-state index in [-0.39, 0.29) is 11.5 Å². The highest BCUT2D eigenvalue weighted by atomic mass is 32.2. The number of hydrogen-bond acceptors (Lipinski definition) is 4. The molecule has 3 nitrogen and oxygen atoms in total. The van der Waals surface area contributed by atoms with Gasteiger partial charge in [0.1, 0.15) is 0 Å². The van der Waals surface area contributed by atoms with Gasteiger partial charge in [-0.2, -0.15) is 11.8 Å². The maximum absolute atomic E-state index is 11.2. The normalized spacial score (nSPS) is 21.1. The monoisotopic (exact) mass is 203 g/mol. The molecule has 0 saturated carbocycles. The van der Waals surface area contributed by atoms with Gasteiger partial charge in [0.25, 0.3) is 0 Å². The van der Waals surface area contributed by atoms with Crippen LogP contribution in [0.2, 0.25) is 0 Å². The second kappa shape index (κ2) is 4.86. The van der Waals surface area contributed by atoms with Gasteiger partial charge in [0.2, 0.25) is 0 Å². The zero-order valence-electron chi connectivity index (χ0n) is 8.04. The summed E-state index contributed by atoms with van der Waals surface area (Å²) in [4.78, 5) is 11.2. The van der Waals surface area contributed by atoms with Gasteiger partial charge in [-0.25, -0.2) is 0 Å². The zero-order chi connectivity index (χ0) is 9.73. The fourth-order valence-corrected chi connectivity index (χ4v) is 2.76. The predicted octanol–water partition coefficient (Wildman–Crippen LogP) is 1.16. The van der Waals surface area contributed by atoms with E-state index < -0.39 is 0 Å². The largest absolute Gasteiger partial charge is 0.466 e. The molecule has 2 N–H and O–H groups in total. The number of rotatable bonds is 3. The Morgan fingerprint density at radius 2 is 2.15 bits per heavy atom. The predicted molar refractivity (Wildman–Crippen MR) is 54.7 cm³/mol. The van der Waals surface area contributed by atoms with E-state index in [0.717, 1.165) is 24.3 Å². The summed E-state index contributed by atoms with van der Waals surface area (Å²) in [5.74, 6) is 1.98. The van der Waals surface area contributed by atoms with E-state index in [1.165, 1.54) is 0 Å². The molecule has 0 aliphatic carbocycles. The second-order valence-electron chi connectivity index (χ2n) is 3.46. The Bertz CT molecular complexity index is 178. The fourth-order valence-electron chi connectivity index (χ4n) is 1.45. The number of ether oxygens (including phenoxy) is 1. The molecule has 4 heteroatoms. The molecule has 0 radical (unpaired) electrons. The van der Waals surface area contributed by atoms with Crippen LogP contribution in [0.15, 0.2) is 0 Å². The molecule has 1 heterocycles. The zero-order valence-corrected chi connectivity index (χ0v) is 8.86. The van der Waals surface area contributed by atoms with Gasteiger partial charge in [-0.1, -0.05) is 0 Å². The Balaban J connectivity index is 2.36. The first-order chi connectivity index (χ1) is 6.16. The molecule has 13 heavy (non-hydrogen) atoms. The van der Waals surface area contributed by atoms with E-state index in [0.29, 0.717) is 13.0 Å². The highest BCUT2D eigenvalue weighted by Gasteiger charge is 2.30. The number of nitrogens with two attached hydrogens (primary N) is 1. The molecule has 0 bridgehead atoms. The lowest BCUT2D eigenvalue weighted by molar-refractivity contribution is -0.144. The topological polar surface area (TPSA) is 52.3 Å². The van der Waals surface area contributed by atoms with Crippen LogP contribution in [-0.2, 0) is 9.53 Å².